The zero-order valence-electron chi connectivity index (χ0n) is 45.8. The molecule has 1 aromatic heterocycles. The van der Waals surface area contributed by atoms with Gasteiger partial charge in [-0.25, -0.2) is 13.3 Å². The zero-order chi connectivity index (χ0) is 54.6. The van der Waals surface area contributed by atoms with E-state index in [0.717, 1.165) is 12.8 Å². The van der Waals surface area contributed by atoms with Gasteiger partial charge >= 0.3 is 15.8 Å². The predicted octanol–water partition coefficient (Wildman–Crippen LogP) is 6.17. The molecule has 19 atom stereocenters. The first kappa shape index (κ1) is 59.9. The molecule has 0 radical (unpaired) electrons. The Labute approximate surface area is 439 Å². The molecule has 3 aliphatic heterocycles. The van der Waals surface area contributed by atoms with Gasteiger partial charge in [0.05, 0.1) is 47.7 Å². The molecular weight excluding hydrogens is 974 g/mol. The minimum atomic E-state index is -3.16. The lowest BCUT2D eigenvalue weighted by Crippen LogP contribution is -2.57. The Bertz CT molecular complexity index is 2270. The summed E-state index contributed by atoms with van der Waals surface area (Å²) in [6, 6.07) is 5.80. The van der Waals surface area contributed by atoms with Gasteiger partial charge in [-0.2, -0.15) is 4.21 Å². The fourth-order valence-corrected chi connectivity index (χ4v) is 13.7. The monoisotopic (exact) mass is 1060 g/mol. The molecule has 0 bridgehead atoms. The van der Waals surface area contributed by atoms with Crippen LogP contribution in [0.1, 0.15) is 124 Å². The normalized spacial score (nSPS) is 37.8. The predicted molar refractivity (Wildman–Crippen MR) is 279 cm³/mol. The van der Waals surface area contributed by atoms with E-state index in [1.165, 1.54) is 18.7 Å². The van der Waals surface area contributed by atoms with Crippen molar-refractivity contribution in [3.8, 4) is 0 Å². The maximum atomic E-state index is 14.9. The molecule has 1 saturated carbocycles. The van der Waals surface area contributed by atoms with Crippen LogP contribution in [0.3, 0.4) is 0 Å². The van der Waals surface area contributed by atoms with Gasteiger partial charge < -0.3 is 53.9 Å². The van der Waals surface area contributed by atoms with Gasteiger partial charge in [0.15, 0.2) is 6.29 Å². The molecule has 5 N–H and O–H groups in total. The molecule has 3 saturated heterocycles. The van der Waals surface area contributed by atoms with Gasteiger partial charge in [-0.1, -0.05) is 57.7 Å². The molecule has 4 aliphatic rings. The van der Waals surface area contributed by atoms with Crippen LogP contribution in [0, 0.1) is 35.5 Å². The molecule has 2 aromatic rings. The summed E-state index contributed by atoms with van der Waals surface area (Å²) in [4.78, 5) is 18.8. The number of carbonyl (C=O) groups excluding carboxylic acids is 1. The van der Waals surface area contributed by atoms with Crippen LogP contribution in [-0.2, 0) is 44.7 Å². The van der Waals surface area contributed by atoms with Gasteiger partial charge in [-0.05, 0) is 115 Å². The van der Waals surface area contributed by atoms with E-state index < -0.39 is 106 Å². The highest BCUT2D eigenvalue weighted by molar-refractivity contribution is 7.91. The van der Waals surface area contributed by atoms with Crippen molar-refractivity contribution in [2.45, 2.75) is 190 Å². The number of methoxy groups -OCH3 is 1. The Morgan fingerprint density at radius 1 is 1.08 bits per heavy atom. The molecule has 1 aliphatic carbocycles. The van der Waals surface area contributed by atoms with Crippen LogP contribution in [-0.4, -0.2) is 173 Å². The van der Waals surface area contributed by atoms with Gasteiger partial charge in [0.2, 0.25) is 0 Å². The van der Waals surface area contributed by atoms with Gasteiger partial charge in [-0.15, -0.1) is 11.7 Å². The Hall–Kier alpha value is -3.37. The number of carbonyl (C=O) groups is 1. The fourth-order valence-electron chi connectivity index (χ4n) is 12.0. The van der Waals surface area contributed by atoms with Crippen LogP contribution >= 0.6 is 0 Å². The molecule has 4 heterocycles. The lowest BCUT2D eigenvalue weighted by Gasteiger charge is -2.49. The van der Waals surface area contributed by atoms with E-state index in [0.29, 0.717) is 48.4 Å². The van der Waals surface area contributed by atoms with E-state index >= 15 is 0 Å². The number of aliphatic hydroxyl groups excluding tert-OH is 2. The minimum Gasteiger partial charge on any atom is -0.459 e. The number of likely N-dealkylation sites (N-methyl/N-ethyl adjacent to an activating group) is 2. The number of hydrogen-bond donors (Lipinski definition) is 4. The largest absolute Gasteiger partial charge is 0.459 e. The number of cyclic esters (lactones) is 1. The molecule has 0 spiro atoms. The van der Waals surface area contributed by atoms with Crippen molar-refractivity contribution < 1.29 is 61.7 Å². The van der Waals surface area contributed by atoms with Crippen molar-refractivity contribution >= 4 is 15.8 Å². The Morgan fingerprint density at radius 2 is 1.76 bits per heavy atom. The van der Waals surface area contributed by atoms with E-state index in [4.69, 9.17) is 23.7 Å². The summed E-state index contributed by atoms with van der Waals surface area (Å²) in [6.45, 7) is 22.7. The van der Waals surface area contributed by atoms with Crippen LogP contribution in [0.15, 0.2) is 60.3 Å². The quantitative estimate of drug-likeness (QED) is 0.0791. The third-order valence-corrected chi connectivity index (χ3v) is 18.7. The van der Waals surface area contributed by atoms with Crippen LogP contribution in [0.5, 0.6) is 0 Å². The van der Waals surface area contributed by atoms with Crippen molar-refractivity contribution in [2.24, 2.45) is 35.5 Å². The van der Waals surface area contributed by atoms with Crippen molar-refractivity contribution in [2.75, 3.05) is 46.7 Å². The van der Waals surface area contributed by atoms with E-state index in [1.54, 1.807) is 69.3 Å². The summed E-state index contributed by atoms with van der Waals surface area (Å²) in [5, 5.41) is 56.2. The molecule has 0 amide bonds. The van der Waals surface area contributed by atoms with Gasteiger partial charge in [0, 0.05) is 63.9 Å². The molecule has 19 heteroatoms. The van der Waals surface area contributed by atoms with Crippen LogP contribution < -0.4 is 0 Å². The summed E-state index contributed by atoms with van der Waals surface area (Å²) in [7, 11) is 2.10. The summed E-state index contributed by atoms with van der Waals surface area (Å²) in [5.74, 6) is -2.69. The number of nitrogens with zero attached hydrogens (tertiary/aromatic N) is 5. The number of rotatable bonds is 17. The van der Waals surface area contributed by atoms with Gasteiger partial charge in [-0.3, -0.25) is 4.79 Å². The standard InChI is InChI=1S/C55H88FN5O12S/c1-14-38-27-54(9,65)52(34(5)48(45-24-32(3)49(62)37(8)71-45)35(6)53(64)72-46(15-2)55(10,66)51(63)36(7)60(12)29-38)73-47-26-42(25-33(4)70-47)59(11)23-22-41-30-61(58-57-41)44(28-56)50(69-13)40-18-20-43(21-19-40)74(67,68)31-39-16-17-39/h14,18-21,30,32-35,37-39,42,44-52,62-63,65-66H,1,7,15-17,22-29,31H2,2-6,8-13H3/p+1/t32-,33+,34-,35+,37-,38+,42-,44+,45?,46+,47-,48-,49+,50+,51+,52+,54+,55+/m0/s1. The van der Waals surface area contributed by atoms with E-state index in [1.807, 2.05) is 34.7 Å². The van der Waals surface area contributed by atoms with Crippen molar-refractivity contribution in [3.63, 3.8) is 0 Å². The first-order valence-corrected chi connectivity index (χ1v) is 28.5. The van der Waals surface area contributed by atoms with Crippen LogP contribution in [0.25, 0.3) is 0 Å². The Morgan fingerprint density at radius 3 is 2.35 bits per heavy atom. The average Bonchev–Trinajstić information content (AvgIpc) is 4.04. The van der Waals surface area contributed by atoms with Crippen molar-refractivity contribution in [1.29, 1.82) is 0 Å². The van der Waals surface area contributed by atoms with Gasteiger partial charge in [0.1, 0.15) is 47.3 Å². The smallest absolute Gasteiger partial charge is 0.309 e. The number of alkyl halides is 1. The number of hydrogen-bond acceptors (Lipinski definition) is 15. The number of ether oxygens (including phenoxy) is 5. The zero-order valence-corrected chi connectivity index (χ0v) is 46.6. The molecule has 1 aromatic carbocycles. The number of aliphatic hydroxyl groups is 4. The van der Waals surface area contributed by atoms with Gasteiger partial charge in [0.25, 0.3) is 0 Å². The number of benzene rings is 1. The molecular formula is C55H89FN5O12S+. The molecule has 4 fully saturated rings. The Balaban J connectivity index is 1.23. The van der Waals surface area contributed by atoms with Crippen molar-refractivity contribution in [3.05, 3.63) is 66.7 Å². The second kappa shape index (κ2) is 25.0. The number of esters is 1. The lowest BCUT2D eigenvalue weighted by atomic mass is 9.69. The molecule has 2 unspecified atom stereocenters. The first-order chi connectivity index (χ1) is 34.8. The Kier molecular flexibility index (Phi) is 20.2. The van der Waals surface area contributed by atoms with Crippen LogP contribution in [0.2, 0.25) is 0 Å². The van der Waals surface area contributed by atoms with Crippen molar-refractivity contribution in [1.82, 2.24) is 24.8 Å². The topological polar surface area (TPSA) is 220 Å². The summed E-state index contributed by atoms with van der Waals surface area (Å²) in [6.07, 6.45) is 0.682. The van der Waals surface area contributed by atoms with Crippen LogP contribution in [0.4, 0.5) is 4.39 Å². The molecule has 17 nitrogen and oxygen atoms in total. The lowest BCUT2D eigenvalue weighted by molar-refractivity contribution is -0.270. The third kappa shape index (κ3) is 14.0. The average molecular weight is 1060 g/mol. The summed E-state index contributed by atoms with van der Waals surface area (Å²) < 4.78 is 72.3. The highest BCUT2D eigenvalue weighted by atomic mass is 32.2. The minimum absolute atomic E-state index is 0.0287. The highest BCUT2D eigenvalue weighted by Crippen LogP contribution is 2.44. The maximum absolute atomic E-state index is 14.9. The summed E-state index contributed by atoms with van der Waals surface area (Å²) in [5.41, 5.74) is -1.96. The maximum Gasteiger partial charge on any atom is 0.309 e. The fraction of sp³-hybridized carbons (Fsp3) is 0.764. The second-order valence-corrected chi connectivity index (χ2v) is 25.0. The SMILES string of the molecule is C=C[C@H]1CN(C)C(=C)[C@@H](O)[C@](C)(O)[C@@H](CC)OC(=O)[C@H](C)[C@@H](C2C[C@H](C)[C@@H](O)[C@H](C)O2)[C@H](C)[C@@H](O[C@H]2C[C@@H](N(C)CCc3cn([C@H](CF)[C@H](OC)c4ccc(S(=O)(=[OH+])CC5CC5)cc4)nn3)C[C@@H](C)O2)[C@](C)(O)C1. The van der Waals surface area contributed by atoms with E-state index in [-0.39, 0.29) is 60.7 Å². The molecule has 418 valence electrons. The van der Waals surface area contributed by atoms with E-state index in [9.17, 15) is 38.0 Å². The first-order valence-electron chi connectivity index (χ1n) is 26.8. The highest BCUT2D eigenvalue weighted by Gasteiger charge is 2.52. The molecule has 6 rings (SSSR count). The van der Waals surface area contributed by atoms with E-state index in [2.05, 4.69) is 28.4 Å². The second-order valence-electron chi connectivity index (χ2n) is 22.9. The molecule has 74 heavy (non-hydrogen) atoms. The summed E-state index contributed by atoms with van der Waals surface area (Å²) >= 11 is 0. The number of halogens is 1. The third-order valence-electron chi connectivity index (χ3n) is 16.8. The number of aromatic nitrogens is 3.